The first-order valence-corrected chi connectivity index (χ1v) is 32.4. The second kappa shape index (κ2) is 31.7. The lowest BCUT2D eigenvalue weighted by molar-refractivity contribution is -0.165. The minimum atomic E-state index is -1.77. The molecule has 3 aliphatic rings. The molecule has 2 fully saturated rings. The highest BCUT2D eigenvalue weighted by atomic mass is 35.6. The van der Waals surface area contributed by atoms with Crippen molar-refractivity contribution >= 4 is 122 Å². The van der Waals surface area contributed by atoms with Gasteiger partial charge in [-0.15, -0.1) is 0 Å². The third kappa shape index (κ3) is 21.5. The van der Waals surface area contributed by atoms with E-state index in [0.29, 0.717) is 49.1 Å². The number of amides is 6. The van der Waals surface area contributed by atoms with Gasteiger partial charge in [0, 0.05) is 23.9 Å². The number of alkyl carbamates (subject to hydrolysis) is 1. The molecular weight excluding hydrogens is 1260 g/mol. The van der Waals surface area contributed by atoms with Crippen LogP contribution in [-0.2, 0) is 57.3 Å². The lowest BCUT2D eigenvalue weighted by Crippen LogP contribution is -2.61. The molecule has 93 heavy (non-hydrogen) atoms. The second-order valence-electron chi connectivity index (χ2n) is 26.5. The maximum atomic E-state index is 13.4. The van der Waals surface area contributed by atoms with E-state index < -0.39 is 117 Å². The van der Waals surface area contributed by atoms with Crippen LogP contribution in [0.5, 0.6) is 0 Å². The molecule has 0 saturated carbocycles. The van der Waals surface area contributed by atoms with Crippen LogP contribution in [0.3, 0.4) is 0 Å². The Hall–Kier alpha value is -7.44. The number of hydrogen-bond acceptors (Lipinski definition) is 17. The minimum Gasteiger partial charge on any atom is -0.460 e. The van der Waals surface area contributed by atoms with Crippen molar-refractivity contribution in [1.82, 2.24) is 52.1 Å². The Morgan fingerprint density at radius 3 is 2.08 bits per heavy atom. The SMILES string of the molecule is CC(C)[C@@H]1OC(=O)C(C)(C)/C=C/c2ccc3ccc(nc3c2)[C@@H](C)NC(=O)[C@@H]2CCCN(N2)C(=O)[C@H](C)NC1=O.CC(C)[C@H](OC(=O)C(C)(C)/C=C/c1ccc2ccc([C@@H](C)NC(=O)OC(C)(C)C)nc2c1)C(=O)N[C@@H](C)C(=O)N1CCC[C@@H](C(=O)OCC(Cl)(Cl)Cl)N1. The second-order valence-corrected chi connectivity index (χ2v) is 29.1. The molecule has 2 saturated heterocycles. The van der Waals surface area contributed by atoms with Gasteiger partial charge >= 0.3 is 24.0 Å². The number of nitrogens with one attached hydrogen (secondary N) is 6. The highest BCUT2D eigenvalue weighted by molar-refractivity contribution is 6.67. The van der Waals surface area contributed by atoms with Gasteiger partial charge in [-0.3, -0.25) is 58.3 Å². The fourth-order valence-electron chi connectivity index (χ4n) is 9.89. The van der Waals surface area contributed by atoms with E-state index in [0.717, 1.165) is 27.4 Å². The van der Waals surface area contributed by atoms with Crippen molar-refractivity contribution in [3.05, 3.63) is 95.3 Å². The van der Waals surface area contributed by atoms with Gasteiger partial charge in [0.15, 0.2) is 12.2 Å². The van der Waals surface area contributed by atoms with Gasteiger partial charge in [-0.05, 0) is 149 Å². The Morgan fingerprint density at radius 1 is 0.785 bits per heavy atom. The number of aromatic nitrogens is 2. The predicted molar refractivity (Wildman–Crippen MR) is 355 cm³/mol. The molecular formula is C67H89Cl3N10O13. The molecule has 5 heterocycles. The number of hydrogen-bond donors (Lipinski definition) is 6. The number of cyclic esters (lactones) is 1. The fraction of sp³-hybridized carbons (Fsp3) is 0.537. The molecule has 2 aromatic heterocycles. The number of carbonyl (C=O) groups excluding carboxylic acids is 9. The molecule has 0 spiro atoms. The Bertz CT molecular complexity index is 3470. The summed E-state index contributed by atoms with van der Waals surface area (Å²) in [5.41, 5.74) is 7.47. The number of nitrogens with zero attached hydrogens (tertiary/aromatic N) is 4. The van der Waals surface area contributed by atoms with Crippen LogP contribution < -0.4 is 32.1 Å². The molecule has 26 heteroatoms. The fourth-order valence-corrected chi connectivity index (χ4v) is 10.0. The van der Waals surface area contributed by atoms with E-state index in [1.807, 2.05) is 80.6 Å². The molecule has 23 nitrogen and oxygen atoms in total. The quantitative estimate of drug-likeness (QED) is 0.0413. The summed E-state index contributed by atoms with van der Waals surface area (Å²) in [5.74, 6) is -4.92. The van der Waals surface area contributed by atoms with Crippen LogP contribution in [0.25, 0.3) is 34.0 Å². The monoisotopic (exact) mass is 1350 g/mol. The molecule has 4 aromatic rings. The van der Waals surface area contributed by atoms with Crippen molar-refractivity contribution in [1.29, 1.82) is 0 Å². The van der Waals surface area contributed by atoms with Crippen LogP contribution in [0.2, 0.25) is 0 Å². The maximum absolute atomic E-state index is 13.4. The molecule has 6 amide bonds. The number of pyridine rings is 2. The zero-order chi connectivity index (χ0) is 69.1. The zero-order valence-corrected chi connectivity index (χ0v) is 57.8. The van der Waals surface area contributed by atoms with E-state index in [9.17, 15) is 43.2 Å². The van der Waals surface area contributed by atoms with Crippen LogP contribution in [0.4, 0.5) is 4.79 Å². The lowest BCUT2D eigenvalue weighted by Gasteiger charge is -2.35. The number of benzene rings is 2. The summed E-state index contributed by atoms with van der Waals surface area (Å²) in [6.45, 7) is 26.2. The van der Waals surface area contributed by atoms with E-state index in [-0.39, 0.29) is 30.3 Å². The molecule has 0 unspecified atom stereocenters. The summed E-state index contributed by atoms with van der Waals surface area (Å²) >= 11 is 17.0. The molecule has 0 radical (unpaired) electrons. The highest BCUT2D eigenvalue weighted by Crippen LogP contribution is 2.30. The van der Waals surface area contributed by atoms with Gasteiger partial charge in [-0.2, -0.15) is 0 Å². The first-order valence-electron chi connectivity index (χ1n) is 31.2. The number of ether oxygens (including phenoxy) is 4. The van der Waals surface area contributed by atoms with Crippen molar-refractivity contribution in [2.45, 2.75) is 187 Å². The average molecular weight is 1350 g/mol. The molecule has 6 N–H and O–H groups in total. The van der Waals surface area contributed by atoms with E-state index in [2.05, 4.69) is 32.1 Å². The predicted octanol–water partition coefficient (Wildman–Crippen LogP) is 9.37. The minimum absolute atomic E-state index is 0.236. The van der Waals surface area contributed by atoms with Crippen LogP contribution in [0, 0.1) is 22.7 Å². The van der Waals surface area contributed by atoms with Gasteiger partial charge in [0.1, 0.15) is 36.4 Å². The topological polar surface area (TPSA) is 295 Å². The normalized spacial score (nSPS) is 21.5. The zero-order valence-electron chi connectivity index (χ0n) is 55.5. The first kappa shape index (κ1) is 74.6. The highest BCUT2D eigenvalue weighted by Gasteiger charge is 2.39. The van der Waals surface area contributed by atoms with Crippen LogP contribution >= 0.6 is 34.8 Å². The number of halogens is 3. The number of carbonyl (C=O) groups is 9. The van der Waals surface area contributed by atoms with Crippen molar-refractivity contribution in [3.8, 4) is 0 Å². The smallest absolute Gasteiger partial charge is 0.408 e. The Labute approximate surface area is 558 Å². The van der Waals surface area contributed by atoms with Crippen LogP contribution in [0.1, 0.15) is 164 Å². The number of esters is 3. The number of alkyl halides is 3. The molecule has 506 valence electrons. The molecule has 8 atom stereocenters. The molecule has 0 aliphatic carbocycles. The van der Waals surface area contributed by atoms with E-state index >= 15 is 0 Å². The van der Waals surface area contributed by atoms with E-state index in [1.54, 1.807) is 101 Å². The van der Waals surface area contributed by atoms with Gasteiger partial charge in [0.2, 0.25) is 9.70 Å². The molecule has 7 rings (SSSR count). The summed E-state index contributed by atoms with van der Waals surface area (Å²) < 4.78 is 20.1. The average Bonchev–Trinajstić information content (AvgIpc) is 1.27. The standard InChI is InChI=1S/C37H50Cl3N5O8.C30H39N5O5/c1-21(2)29(30(46)41-23(4)31(47)45-18-10-11-27(44-45)32(48)51-20-37(38,39)40)52-33(49)36(8,9)17-16-24-12-13-25-14-15-26(43-28(25)19-24)22(3)42-34(50)53-35(5,6)7;1-17(2)25-27(37)32-19(4)28(38)35-15-7-8-23(34-35)26(36)31-18(3)22-12-11-21-10-9-20(16-24(21)33-22)13-14-30(5,6)29(39)40-25/h12-17,19,21-23,27,29,44H,10-11,18,20H2,1-9H3,(H,41,46)(H,42,50);9-14,16-19,23,25,34H,7-8,15H2,1-6H3,(H,31,36)(H,32,37)/b17-16+;14-13+/t22-,23+,27+,29+;18-,19+,23+,25+/m11/s1. The summed E-state index contributed by atoms with van der Waals surface area (Å²) in [6.07, 6.45) is 6.29. The Morgan fingerprint density at radius 2 is 1.42 bits per heavy atom. The summed E-state index contributed by atoms with van der Waals surface area (Å²) in [7, 11) is 0. The summed E-state index contributed by atoms with van der Waals surface area (Å²) in [6, 6.07) is 14.9. The first-order chi connectivity index (χ1) is 43.3. The third-order valence-electron chi connectivity index (χ3n) is 15.4. The van der Waals surface area contributed by atoms with Gasteiger partial charge < -0.3 is 40.2 Å². The Kier molecular flexibility index (Phi) is 25.4. The third-order valence-corrected chi connectivity index (χ3v) is 15.8. The van der Waals surface area contributed by atoms with E-state index in [1.165, 1.54) is 16.9 Å². The number of fused-ring (bicyclic) bond motifs is 5. The van der Waals surface area contributed by atoms with Gasteiger partial charge in [0.05, 0.1) is 45.3 Å². The van der Waals surface area contributed by atoms with Crippen molar-refractivity contribution in [3.63, 3.8) is 0 Å². The van der Waals surface area contributed by atoms with Gasteiger partial charge in [-0.1, -0.05) is 123 Å². The number of rotatable bonds is 13. The van der Waals surface area contributed by atoms with Crippen LogP contribution in [-0.4, -0.2) is 139 Å². The largest absolute Gasteiger partial charge is 0.460 e. The molecule has 3 aliphatic heterocycles. The van der Waals surface area contributed by atoms with Crippen molar-refractivity contribution < 1.29 is 62.1 Å². The molecule has 2 aromatic carbocycles. The van der Waals surface area contributed by atoms with Crippen molar-refractivity contribution in [2.24, 2.45) is 22.7 Å². The maximum Gasteiger partial charge on any atom is 0.408 e. The Balaban J connectivity index is 0.000000306. The summed E-state index contributed by atoms with van der Waals surface area (Å²) in [5, 5.41) is 15.6. The molecule has 5 bridgehead atoms. The summed E-state index contributed by atoms with van der Waals surface area (Å²) in [4.78, 5) is 127. The van der Waals surface area contributed by atoms with Gasteiger partial charge in [-0.25, -0.2) is 15.6 Å². The van der Waals surface area contributed by atoms with E-state index in [4.69, 9.17) is 63.7 Å². The van der Waals surface area contributed by atoms with Crippen molar-refractivity contribution in [2.75, 3.05) is 19.7 Å². The van der Waals surface area contributed by atoms with Crippen LogP contribution in [0.15, 0.2) is 72.8 Å². The lowest BCUT2D eigenvalue weighted by atomic mass is 9.92. The number of hydrazine groups is 2. The van der Waals surface area contributed by atoms with Gasteiger partial charge in [0.25, 0.3) is 23.6 Å².